The van der Waals surface area contributed by atoms with Crippen LogP contribution < -0.4 is 5.32 Å². The summed E-state index contributed by atoms with van der Waals surface area (Å²) in [6.45, 7) is 4.04. The monoisotopic (exact) mass is 306 g/mol. The molecule has 0 unspecified atom stereocenters. The van der Waals surface area contributed by atoms with E-state index in [-0.39, 0.29) is 11.7 Å². The van der Waals surface area contributed by atoms with Crippen molar-refractivity contribution in [2.24, 2.45) is 11.8 Å². The number of thioether (sulfide) groups is 1. The van der Waals surface area contributed by atoms with Gasteiger partial charge >= 0.3 is 0 Å². The van der Waals surface area contributed by atoms with E-state index in [2.05, 4.69) is 5.32 Å². The Labute approximate surface area is 129 Å². The van der Waals surface area contributed by atoms with Crippen molar-refractivity contribution in [3.8, 4) is 5.75 Å². The number of aromatic hydroxyl groups is 1. The summed E-state index contributed by atoms with van der Waals surface area (Å²) in [5.74, 6) is 2.50. The van der Waals surface area contributed by atoms with Crippen molar-refractivity contribution in [1.82, 2.24) is 10.2 Å². The predicted molar refractivity (Wildman–Crippen MR) is 84.5 cm³/mol. The predicted octanol–water partition coefficient (Wildman–Crippen LogP) is 1.94. The average molecular weight is 306 g/mol. The zero-order valence-corrected chi connectivity index (χ0v) is 12.9. The number of carbonyl (C=O) groups is 1. The lowest BCUT2D eigenvalue weighted by Gasteiger charge is -2.20. The molecule has 3 rings (SSSR count). The Morgan fingerprint density at radius 2 is 1.81 bits per heavy atom. The number of hydrogen-bond acceptors (Lipinski definition) is 4. The van der Waals surface area contributed by atoms with E-state index in [1.165, 1.54) is 0 Å². The number of benzene rings is 1. The average Bonchev–Trinajstić information content (AvgIpc) is 2.85. The first-order valence-electron chi connectivity index (χ1n) is 7.62. The van der Waals surface area contributed by atoms with Crippen LogP contribution in [0.15, 0.2) is 29.2 Å². The van der Waals surface area contributed by atoms with Gasteiger partial charge in [-0.3, -0.25) is 4.79 Å². The number of phenolic OH excluding ortho intramolecular Hbond substituents is 1. The molecule has 114 valence electrons. The molecule has 2 heterocycles. The minimum Gasteiger partial charge on any atom is -0.508 e. The summed E-state index contributed by atoms with van der Waals surface area (Å²) in [7, 11) is 0. The maximum Gasteiger partial charge on any atom is 0.232 e. The van der Waals surface area contributed by atoms with Crippen molar-refractivity contribution in [3.63, 3.8) is 0 Å². The summed E-state index contributed by atoms with van der Waals surface area (Å²) in [5.41, 5.74) is 0. The maximum absolute atomic E-state index is 12.4. The van der Waals surface area contributed by atoms with Crippen molar-refractivity contribution < 1.29 is 9.90 Å². The SMILES string of the molecule is O=C(CSc1ccc(O)cc1)N1CC[C@@H]2CNC[C@@H]2CC1. The van der Waals surface area contributed by atoms with E-state index in [0.29, 0.717) is 5.75 Å². The summed E-state index contributed by atoms with van der Waals surface area (Å²) in [4.78, 5) is 15.4. The molecular weight excluding hydrogens is 284 g/mol. The van der Waals surface area contributed by atoms with Crippen LogP contribution in [0.5, 0.6) is 5.75 Å². The zero-order chi connectivity index (χ0) is 14.7. The maximum atomic E-state index is 12.4. The van der Waals surface area contributed by atoms with Crippen molar-refractivity contribution in [2.75, 3.05) is 31.9 Å². The molecule has 2 atom stereocenters. The van der Waals surface area contributed by atoms with Gasteiger partial charge in [-0.15, -0.1) is 11.8 Å². The highest BCUT2D eigenvalue weighted by Crippen LogP contribution is 2.28. The second kappa shape index (κ2) is 6.71. The molecule has 0 radical (unpaired) electrons. The fourth-order valence-electron chi connectivity index (χ4n) is 3.25. The number of amides is 1. The largest absolute Gasteiger partial charge is 0.508 e. The fourth-order valence-corrected chi connectivity index (χ4v) is 4.05. The molecule has 2 aliphatic rings. The van der Waals surface area contributed by atoms with Crippen molar-refractivity contribution in [2.45, 2.75) is 17.7 Å². The lowest BCUT2D eigenvalue weighted by atomic mass is 9.92. The van der Waals surface area contributed by atoms with E-state index in [1.807, 2.05) is 17.0 Å². The van der Waals surface area contributed by atoms with Gasteiger partial charge in [-0.25, -0.2) is 0 Å². The van der Waals surface area contributed by atoms with Crippen molar-refractivity contribution in [1.29, 1.82) is 0 Å². The van der Waals surface area contributed by atoms with Crippen LogP contribution in [-0.4, -0.2) is 47.8 Å². The molecule has 2 saturated heterocycles. The lowest BCUT2D eigenvalue weighted by molar-refractivity contribution is -0.128. The number of rotatable bonds is 3. The topological polar surface area (TPSA) is 52.6 Å². The Bertz CT molecular complexity index is 478. The highest BCUT2D eigenvalue weighted by molar-refractivity contribution is 8.00. The summed E-state index contributed by atoms with van der Waals surface area (Å²) >= 11 is 1.54. The van der Waals surface area contributed by atoms with E-state index >= 15 is 0 Å². The molecular formula is C16H22N2O2S. The molecule has 1 aromatic carbocycles. The van der Waals surface area contributed by atoms with Gasteiger partial charge in [0.2, 0.25) is 5.91 Å². The zero-order valence-electron chi connectivity index (χ0n) is 12.1. The van der Waals surface area contributed by atoms with Crippen LogP contribution in [0.2, 0.25) is 0 Å². The van der Waals surface area contributed by atoms with Gasteiger partial charge in [0.1, 0.15) is 5.75 Å². The van der Waals surface area contributed by atoms with Gasteiger partial charge in [-0.1, -0.05) is 0 Å². The van der Waals surface area contributed by atoms with E-state index in [0.717, 1.165) is 55.8 Å². The number of nitrogens with zero attached hydrogens (tertiary/aromatic N) is 1. The molecule has 4 nitrogen and oxygen atoms in total. The van der Waals surface area contributed by atoms with Crippen molar-refractivity contribution in [3.05, 3.63) is 24.3 Å². The summed E-state index contributed by atoms with van der Waals surface area (Å²) < 4.78 is 0. The highest BCUT2D eigenvalue weighted by Gasteiger charge is 2.31. The van der Waals surface area contributed by atoms with Gasteiger partial charge in [0.05, 0.1) is 5.75 Å². The molecule has 0 bridgehead atoms. The smallest absolute Gasteiger partial charge is 0.232 e. The fraction of sp³-hybridized carbons (Fsp3) is 0.562. The van der Waals surface area contributed by atoms with Gasteiger partial charge in [-0.2, -0.15) is 0 Å². The number of nitrogens with one attached hydrogen (secondary N) is 1. The second-order valence-corrected chi connectivity index (χ2v) is 6.97. The number of fused-ring (bicyclic) bond motifs is 1. The first kappa shape index (κ1) is 14.7. The van der Waals surface area contributed by atoms with Crippen LogP contribution in [0.4, 0.5) is 0 Å². The van der Waals surface area contributed by atoms with Gasteiger partial charge in [-0.05, 0) is 62.0 Å². The van der Waals surface area contributed by atoms with Crippen LogP contribution >= 0.6 is 11.8 Å². The Hall–Kier alpha value is -1.20. The molecule has 2 aliphatic heterocycles. The molecule has 0 aliphatic carbocycles. The lowest BCUT2D eigenvalue weighted by Crippen LogP contribution is -2.34. The van der Waals surface area contributed by atoms with Gasteiger partial charge < -0.3 is 15.3 Å². The van der Waals surface area contributed by atoms with E-state index in [4.69, 9.17) is 0 Å². The Kier molecular flexibility index (Phi) is 4.70. The summed E-state index contributed by atoms with van der Waals surface area (Å²) in [6, 6.07) is 7.03. The molecule has 0 aromatic heterocycles. The number of likely N-dealkylation sites (tertiary alicyclic amines) is 1. The quantitative estimate of drug-likeness (QED) is 0.838. The standard InChI is InChI=1S/C16H22N2O2S/c19-14-1-3-15(4-2-14)21-11-16(20)18-7-5-12-9-17-10-13(12)6-8-18/h1-4,12-13,17,19H,5-11H2/t12-,13+. The Morgan fingerprint density at radius 3 is 2.43 bits per heavy atom. The summed E-state index contributed by atoms with van der Waals surface area (Å²) in [6.07, 6.45) is 2.26. The number of carbonyl (C=O) groups excluding carboxylic acids is 1. The Morgan fingerprint density at radius 1 is 1.19 bits per heavy atom. The van der Waals surface area contributed by atoms with Gasteiger partial charge in [0.25, 0.3) is 0 Å². The molecule has 5 heteroatoms. The minimum atomic E-state index is 0.237. The first-order chi connectivity index (χ1) is 10.2. The molecule has 0 saturated carbocycles. The third kappa shape index (κ3) is 3.71. The third-order valence-electron chi connectivity index (χ3n) is 4.57. The minimum absolute atomic E-state index is 0.237. The molecule has 21 heavy (non-hydrogen) atoms. The van der Waals surface area contributed by atoms with Crippen LogP contribution in [0, 0.1) is 11.8 Å². The third-order valence-corrected chi connectivity index (χ3v) is 5.57. The van der Waals surface area contributed by atoms with Crippen LogP contribution in [0.25, 0.3) is 0 Å². The van der Waals surface area contributed by atoms with Crippen LogP contribution in [-0.2, 0) is 4.79 Å². The molecule has 1 aromatic rings. The van der Waals surface area contributed by atoms with E-state index < -0.39 is 0 Å². The van der Waals surface area contributed by atoms with Crippen molar-refractivity contribution >= 4 is 17.7 Å². The molecule has 2 N–H and O–H groups in total. The molecule has 0 spiro atoms. The molecule has 2 fully saturated rings. The second-order valence-electron chi connectivity index (χ2n) is 5.92. The number of hydrogen-bond donors (Lipinski definition) is 2. The molecule has 1 amide bonds. The summed E-state index contributed by atoms with van der Waals surface area (Å²) in [5, 5.41) is 12.7. The normalized spacial score (nSPS) is 25.4. The van der Waals surface area contributed by atoms with Crippen LogP contribution in [0.3, 0.4) is 0 Å². The van der Waals surface area contributed by atoms with E-state index in [1.54, 1.807) is 23.9 Å². The van der Waals surface area contributed by atoms with Crippen LogP contribution in [0.1, 0.15) is 12.8 Å². The Balaban J connectivity index is 1.50. The van der Waals surface area contributed by atoms with Gasteiger partial charge in [0, 0.05) is 18.0 Å². The van der Waals surface area contributed by atoms with E-state index in [9.17, 15) is 9.90 Å². The first-order valence-corrected chi connectivity index (χ1v) is 8.61. The van der Waals surface area contributed by atoms with Gasteiger partial charge in [0.15, 0.2) is 0 Å². The highest BCUT2D eigenvalue weighted by atomic mass is 32.2. The number of phenols is 1.